The molecule has 1 aromatic carbocycles. The first-order valence-electron chi connectivity index (χ1n) is 7.04. The number of pyridine rings is 1. The van der Waals surface area contributed by atoms with Crippen LogP contribution in [-0.2, 0) is 4.74 Å². The van der Waals surface area contributed by atoms with Crippen molar-refractivity contribution in [2.75, 3.05) is 29.6 Å². The minimum absolute atomic E-state index is 0.233. The molecule has 6 nitrogen and oxygen atoms in total. The highest BCUT2D eigenvalue weighted by Crippen LogP contribution is 2.24. The minimum Gasteiger partial charge on any atom is -0.447 e. The summed E-state index contributed by atoms with van der Waals surface area (Å²) in [6.07, 6.45) is 3.16. The summed E-state index contributed by atoms with van der Waals surface area (Å²) in [6, 6.07) is 10.6. The molecule has 118 valence electrons. The first kappa shape index (κ1) is 15.4. The van der Waals surface area contributed by atoms with E-state index in [0.717, 1.165) is 0 Å². The number of nitrogens with one attached hydrogen (secondary N) is 1. The van der Waals surface area contributed by atoms with Crippen LogP contribution >= 0.6 is 11.8 Å². The average Bonchev–Trinajstić information content (AvgIpc) is 3.01. The smallest absolute Gasteiger partial charge is 0.414 e. The summed E-state index contributed by atoms with van der Waals surface area (Å²) >= 11 is 1.42. The molecule has 1 saturated heterocycles. The molecule has 1 fully saturated rings. The second kappa shape index (κ2) is 6.70. The number of thioether (sulfide) groups is 1. The highest BCUT2D eigenvalue weighted by molar-refractivity contribution is 7.98. The Hall–Kier alpha value is -2.54. The summed E-state index contributed by atoms with van der Waals surface area (Å²) in [4.78, 5) is 29.8. The first-order valence-corrected chi connectivity index (χ1v) is 8.26. The molecule has 1 aliphatic rings. The Morgan fingerprint density at radius 2 is 2.22 bits per heavy atom. The van der Waals surface area contributed by atoms with E-state index < -0.39 is 0 Å². The fourth-order valence-electron chi connectivity index (χ4n) is 2.30. The Bertz CT molecular complexity index is 751. The molecule has 2 heterocycles. The van der Waals surface area contributed by atoms with Gasteiger partial charge in [0.15, 0.2) is 0 Å². The van der Waals surface area contributed by atoms with Gasteiger partial charge in [0.05, 0.1) is 12.1 Å². The van der Waals surface area contributed by atoms with E-state index in [1.54, 1.807) is 42.6 Å². The number of carbonyl (C=O) groups is 2. The number of hydrogen-bond donors (Lipinski definition) is 1. The van der Waals surface area contributed by atoms with E-state index in [-0.39, 0.29) is 12.0 Å². The standard InChI is InChI=1S/C16H15N3O3S/c1-23-15-13(6-3-7-17-15)14(20)18-11-4-2-5-12(10-11)19-8-9-22-16(19)21/h2-7,10H,8-9H2,1H3,(H,18,20). The van der Waals surface area contributed by atoms with Crippen molar-refractivity contribution in [3.8, 4) is 0 Å². The van der Waals surface area contributed by atoms with Crippen LogP contribution in [0.3, 0.4) is 0 Å². The van der Waals surface area contributed by atoms with Gasteiger partial charge in [-0.05, 0) is 36.6 Å². The Balaban J connectivity index is 1.80. The van der Waals surface area contributed by atoms with Crippen molar-refractivity contribution < 1.29 is 14.3 Å². The molecule has 0 aliphatic carbocycles. The lowest BCUT2D eigenvalue weighted by Gasteiger charge is -2.14. The lowest BCUT2D eigenvalue weighted by molar-refractivity contribution is 0.102. The summed E-state index contributed by atoms with van der Waals surface area (Å²) in [5, 5.41) is 3.51. The van der Waals surface area contributed by atoms with Gasteiger partial charge in [-0.1, -0.05) is 6.07 Å². The van der Waals surface area contributed by atoms with E-state index in [9.17, 15) is 9.59 Å². The number of carbonyl (C=O) groups excluding carboxylic acids is 2. The van der Waals surface area contributed by atoms with Gasteiger partial charge in [-0.15, -0.1) is 11.8 Å². The third kappa shape index (κ3) is 3.29. The summed E-state index contributed by atoms with van der Waals surface area (Å²) in [7, 11) is 0. The van der Waals surface area contributed by atoms with Crippen LogP contribution in [0.15, 0.2) is 47.6 Å². The Kier molecular flexibility index (Phi) is 4.47. The van der Waals surface area contributed by atoms with Crippen LogP contribution in [0.5, 0.6) is 0 Å². The van der Waals surface area contributed by atoms with E-state index in [1.807, 2.05) is 6.26 Å². The number of rotatable bonds is 4. The van der Waals surface area contributed by atoms with Crippen molar-refractivity contribution >= 4 is 35.1 Å². The zero-order valence-electron chi connectivity index (χ0n) is 12.5. The monoisotopic (exact) mass is 329 g/mol. The van der Waals surface area contributed by atoms with Crippen LogP contribution in [0.1, 0.15) is 10.4 Å². The quantitative estimate of drug-likeness (QED) is 0.873. The molecule has 3 rings (SSSR count). The predicted octanol–water partition coefficient (Wildman–Crippen LogP) is 3.01. The van der Waals surface area contributed by atoms with Gasteiger partial charge in [0.25, 0.3) is 5.91 Å². The molecule has 0 atom stereocenters. The number of cyclic esters (lactones) is 1. The van der Waals surface area contributed by atoms with Gasteiger partial charge in [0.2, 0.25) is 0 Å². The molecular weight excluding hydrogens is 314 g/mol. The van der Waals surface area contributed by atoms with Crippen molar-refractivity contribution in [3.05, 3.63) is 48.2 Å². The second-order valence-electron chi connectivity index (χ2n) is 4.83. The number of anilines is 2. The van der Waals surface area contributed by atoms with Gasteiger partial charge < -0.3 is 10.1 Å². The number of nitrogens with zero attached hydrogens (tertiary/aromatic N) is 2. The fraction of sp³-hybridized carbons (Fsp3) is 0.188. The lowest BCUT2D eigenvalue weighted by atomic mass is 10.2. The lowest BCUT2D eigenvalue weighted by Crippen LogP contribution is -2.23. The summed E-state index contributed by atoms with van der Waals surface area (Å²) in [5.74, 6) is -0.233. The van der Waals surface area contributed by atoms with Gasteiger partial charge in [0, 0.05) is 17.6 Å². The van der Waals surface area contributed by atoms with Crippen LogP contribution in [0.25, 0.3) is 0 Å². The normalized spacial score (nSPS) is 13.8. The predicted molar refractivity (Wildman–Crippen MR) is 89.1 cm³/mol. The number of hydrogen-bond acceptors (Lipinski definition) is 5. The molecule has 23 heavy (non-hydrogen) atoms. The Morgan fingerprint density at radius 1 is 1.35 bits per heavy atom. The molecule has 7 heteroatoms. The highest BCUT2D eigenvalue weighted by atomic mass is 32.2. The largest absolute Gasteiger partial charge is 0.447 e. The third-order valence-electron chi connectivity index (χ3n) is 3.39. The van der Waals surface area contributed by atoms with E-state index >= 15 is 0 Å². The number of benzene rings is 1. The molecule has 0 unspecified atom stereocenters. The summed E-state index contributed by atoms with van der Waals surface area (Å²) in [5.41, 5.74) is 1.83. The Morgan fingerprint density at radius 3 is 2.96 bits per heavy atom. The Labute approximate surface area is 137 Å². The zero-order valence-corrected chi connectivity index (χ0v) is 13.3. The first-order chi connectivity index (χ1) is 11.2. The summed E-state index contributed by atoms with van der Waals surface area (Å²) < 4.78 is 4.93. The number of ether oxygens (including phenoxy) is 1. The van der Waals surface area contributed by atoms with Crippen molar-refractivity contribution in [1.82, 2.24) is 4.98 Å². The molecule has 1 aliphatic heterocycles. The third-order valence-corrected chi connectivity index (χ3v) is 4.10. The van der Waals surface area contributed by atoms with Crippen molar-refractivity contribution in [2.24, 2.45) is 0 Å². The molecule has 1 aromatic heterocycles. The number of aromatic nitrogens is 1. The van der Waals surface area contributed by atoms with Crippen LogP contribution in [0.2, 0.25) is 0 Å². The van der Waals surface area contributed by atoms with E-state index in [4.69, 9.17) is 4.74 Å². The van der Waals surface area contributed by atoms with Crippen molar-refractivity contribution in [2.45, 2.75) is 5.03 Å². The average molecular weight is 329 g/mol. The maximum atomic E-state index is 12.4. The molecule has 0 radical (unpaired) electrons. The van der Waals surface area contributed by atoms with Crippen LogP contribution < -0.4 is 10.2 Å². The molecule has 2 amide bonds. The minimum atomic E-state index is -0.370. The second-order valence-corrected chi connectivity index (χ2v) is 5.63. The maximum Gasteiger partial charge on any atom is 0.414 e. The van der Waals surface area contributed by atoms with E-state index in [2.05, 4.69) is 10.3 Å². The molecule has 1 N–H and O–H groups in total. The van der Waals surface area contributed by atoms with Crippen LogP contribution in [0.4, 0.5) is 16.2 Å². The van der Waals surface area contributed by atoms with Gasteiger partial charge in [-0.25, -0.2) is 9.78 Å². The van der Waals surface area contributed by atoms with Gasteiger partial charge in [-0.3, -0.25) is 9.69 Å². The highest BCUT2D eigenvalue weighted by Gasteiger charge is 2.23. The molecule has 2 aromatic rings. The van der Waals surface area contributed by atoms with E-state index in [1.165, 1.54) is 16.7 Å². The van der Waals surface area contributed by atoms with Crippen LogP contribution in [-0.4, -0.2) is 36.4 Å². The maximum absolute atomic E-state index is 12.4. The molecular formula is C16H15N3O3S. The number of amides is 2. The molecule has 0 saturated carbocycles. The van der Waals surface area contributed by atoms with Crippen LogP contribution in [0, 0.1) is 0 Å². The molecule has 0 bridgehead atoms. The van der Waals surface area contributed by atoms with Crippen molar-refractivity contribution in [1.29, 1.82) is 0 Å². The summed E-state index contributed by atoms with van der Waals surface area (Å²) in [6.45, 7) is 0.887. The van der Waals surface area contributed by atoms with Gasteiger partial charge in [0.1, 0.15) is 11.6 Å². The van der Waals surface area contributed by atoms with Crippen molar-refractivity contribution in [3.63, 3.8) is 0 Å². The fourth-order valence-corrected chi connectivity index (χ4v) is 2.85. The topological polar surface area (TPSA) is 71.5 Å². The SMILES string of the molecule is CSc1ncccc1C(=O)Nc1cccc(N2CCOC2=O)c1. The van der Waals surface area contributed by atoms with Gasteiger partial charge >= 0.3 is 6.09 Å². The zero-order chi connectivity index (χ0) is 16.2. The van der Waals surface area contributed by atoms with E-state index in [0.29, 0.717) is 35.1 Å². The molecule has 0 spiro atoms. The van der Waals surface area contributed by atoms with Gasteiger partial charge in [-0.2, -0.15) is 0 Å².